The van der Waals surface area contributed by atoms with Crippen LogP contribution in [0.25, 0.3) is 0 Å². The van der Waals surface area contributed by atoms with Gasteiger partial charge >= 0.3 is 0 Å². The van der Waals surface area contributed by atoms with Crippen LogP contribution in [-0.2, 0) is 33.2 Å². The van der Waals surface area contributed by atoms with Crippen LogP contribution in [0.1, 0.15) is 309 Å². The Morgan fingerprint density at radius 3 is 1.11 bits per heavy atom. The number of allylic oxidation sites excluding steroid dienone is 4. The minimum Gasteiger partial charge on any atom is -0.394 e. The zero-order valence-corrected chi connectivity index (χ0v) is 58.3. The van der Waals surface area contributed by atoms with Crippen LogP contribution in [-0.4, -0.2) is 193 Å². The highest BCUT2D eigenvalue weighted by Gasteiger charge is 2.53. The number of aliphatic hydroxyl groups excluding tert-OH is 11. The van der Waals surface area contributed by atoms with Crippen LogP contribution in [0.3, 0.4) is 0 Å². The van der Waals surface area contributed by atoms with Gasteiger partial charge in [-0.05, 0) is 44.9 Å². The third-order valence-corrected chi connectivity index (χ3v) is 19.3. The quantitative estimate of drug-likeness (QED) is 0.0199. The Hall–Kier alpha value is -1.73. The molecule has 3 saturated heterocycles. The summed E-state index contributed by atoms with van der Waals surface area (Å²) in [5.41, 5.74) is 0. The van der Waals surface area contributed by atoms with Crippen molar-refractivity contribution in [2.75, 3.05) is 26.4 Å². The van der Waals surface area contributed by atoms with Crippen LogP contribution in [0.15, 0.2) is 24.3 Å². The van der Waals surface area contributed by atoms with Gasteiger partial charge in [-0.15, -0.1) is 0 Å². The van der Waals surface area contributed by atoms with Gasteiger partial charge in [-0.2, -0.15) is 0 Å². The standard InChI is InChI=1S/C74H139NO18/c1-3-5-7-9-11-13-15-17-19-21-22-23-24-25-26-27-28-29-30-31-32-33-34-35-36-37-39-41-43-45-47-49-51-58(79)57(75-62(80)52-50-48-46-44-42-40-38-20-18-16-14-12-10-8-6-4-2)56-88-72-68(86)65(83)70(60(54-77)90-72)93-74-69(87)66(84)71(61(55-78)91-74)92-73-67(85)64(82)63(81)59(53-76)89-73/h14,16,20,38,57-61,63-74,76-79,81-87H,3-13,15,17-19,21-37,39-56H2,1-2H3,(H,75,80)/b16-14-,38-20-. The van der Waals surface area contributed by atoms with Gasteiger partial charge in [-0.1, -0.05) is 282 Å². The van der Waals surface area contributed by atoms with E-state index >= 15 is 0 Å². The van der Waals surface area contributed by atoms with Gasteiger partial charge in [0.1, 0.15) is 73.2 Å². The predicted molar refractivity (Wildman–Crippen MR) is 365 cm³/mol. The molecule has 19 nitrogen and oxygen atoms in total. The minimum atomic E-state index is -1.97. The highest BCUT2D eigenvalue weighted by Crippen LogP contribution is 2.33. The van der Waals surface area contributed by atoms with E-state index in [1.54, 1.807) is 0 Å². The Kier molecular flexibility index (Phi) is 51.5. The third kappa shape index (κ3) is 37.3. The first-order chi connectivity index (χ1) is 45.3. The van der Waals surface area contributed by atoms with E-state index in [0.717, 1.165) is 70.6 Å². The first-order valence-corrected chi connectivity index (χ1v) is 38.1. The molecule has 0 aliphatic carbocycles. The lowest BCUT2D eigenvalue weighted by molar-refractivity contribution is -0.379. The number of aliphatic hydroxyl groups is 11. The van der Waals surface area contributed by atoms with Crippen molar-refractivity contribution in [3.05, 3.63) is 24.3 Å². The summed E-state index contributed by atoms with van der Waals surface area (Å²) in [6.07, 6.45) is 38.5. The Morgan fingerprint density at radius 1 is 0.387 bits per heavy atom. The number of nitrogens with one attached hydrogen (secondary N) is 1. The Bertz CT molecular complexity index is 1780. The number of ether oxygens (including phenoxy) is 6. The fourth-order valence-corrected chi connectivity index (χ4v) is 13.1. The molecule has 3 fully saturated rings. The second-order valence-electron chi connectivity index (χ2n) is 27.5. The molecule has 0 bridgehead atoms. The maximum absolute atomic E-state index is 13.4. The molecule has 3 aliphatic heterocycles. The zero-order chi connectivity index (χ0) is 67.5. The van der Waals surface area contributed by atoms with Crippen LogP contribution in [0.4, 0.5) is 0 Å². The number of rotatable bonds is 60. The molecule has 3 heterocycles. The Labute approximate surface area is 562 Å². The number of carbonyl (C=O) groups is 1. The molecule has 17 unspecified atom stereocenters. The molecule has 93 heavy (non-hydrogen) atoms. The highest BCUT2D eigenvalue weighted by molar-refractivity contribution is 5.76. The summed E-state index contributed by atoms with van der Waals surface area (Å²) in [6, 6.07) is -0.894. The monoisotopic (exact) mass is 1330 g/mol. The molecule has 0 aromatic rings. The average Bonchev–Trinajstić information content (AvgIpc) is 0.813. The van der Waals surface area contributed by atoms with Crippen molar-refractivity contribution in [3.8, 4) is 0 Å². The molecular formula is C74H139NO18. The van der Waals surface area contributed by atoms with E-state index in [2.05, 4.69) is 43.5 Å². The summed E-state index contributed by atoms with van der Waals surface area (Å²) in [4.78, 5) is 13.4. The molecule has 3 aliphatic rings. The van der Waals surface area contributed by atoms with Crippen molar-refractivity contribution in [1.29, 1.82) is 0 Å². The normalized spacial score (nSPS) is 27.6. The first-order valence-electron chi connectivity index (χ1n) is 38.1. The van der Waals surface area contributed by atoms with Crippen molar-refractivity contribution in [1.82, 2.24) is 5.32 Å². The molecule has 17 atom stereocenters. The smallest absolute Gasteiger partial charge is 0.220 e. The lowest BCUT2D eigenvalue weighted by Gasteiger charge is -2.48. The molecule has 0 saturated carbocycles. The molecule has 548 valence electrons. The minimum absolute atomic E-state index is 0.252. The summed E-state index contributed by atoms with van der Waals surface area (Å²) in [6.45, 7) is 1.81. The van der Waals surface area contributed by atoms with Crippen molar-refractivity contribution in [3.63, 3.8) is 0 Å². The van der Waals surface area contributed by atoms with Gasteiger partial charge < -0.3 is 89.9 Å². The van der Waals surface area contributed by atoms with E-state index in [1.165, 1.54) is 205 Å². The van der Waals surface area contributed by atoms with Crippen molar-refractivity contribution in [2.24, 2.45) is 0 Å². The highest BCUT2D eigenvalue weighted by atomic mass is 16.8. The number of hydrogen-bond donors (Lipinski definition) is 12. The molecule has 3 rings (SSSR count). The number of amides is 1. The van der Waals surface area contributed by atoms with Crippen LogP contribution in [0.2, 0.25) is 0 Å². The fraction of sp³-hybridized carbons (Fsp3) is 0.932. The molecule has 0 aromatic carbocycles. The van der Waals surface area contributed by atoms with Crippen LogP contribution in [0.5, 0.6) is 0 Å². The van der Waals surface area contributed by atoms with E-state index in [-0.39, 0.29) is 18.9 Å². The van der Waals surface area contributed by atoms with Gasteiger partial charge in [0.2, 0.25) is 5.91 Å². The van der Waals surface area contributed by atoms with E-state index in [0.29, 0.717) is 12.8 Å². The maximum atomic E-state index is 13.4. The number of unbranched alkanes of at least 4 members (excludes halogenated alkanes) is 40. The molecule has 0 spiro atoms. The van der Waals surface area contributed by atoms with Crippen LogP contribution in [0, 0.1) is 0 Å². The summed E-state index contributed by atoms with van der Waals surface area (Å²) in [5, 5.41) is 121. The van der Waals surface area contributed by atoms with Gasteiger partial charge in [0.05, 0.1) is 38.6 Å². The van der Waals surface area contributed by atoms with Crippen molar-refractivity contribution < 1.29 is 89.4 Å². The SMILES string of the molecule is CCCCCC/C=C\C/C=C\CCCCCCCC(=O)NC(COC1OC(CO)C(OC2OC(CO)C(OC3OC(CO)C(O)C(O)C3O)C(O)C2O)C(O)C1O)C(O)CCCCCCCCCCCCCCCCCCCCCCCCCCCCCCCCCC. The lowest BCUT2D eigenvalue weighted by Crippen LogP contribution is -2.66. The molecule has 0 aromatic heterocycles. The average molecular weight is 1330 g/mol. The molecular weight excluding hydrogens is 1190 g/mol. The third-order valence-electron chi connectivity index (χ3n) is 19.3. The topological polar surface area (TPSA) is 307 Å². The predicted octanol–water partition coefficient (Wildman–Crippen LogP) is 11.4. The van der Waals surface area contributed by atoms with Crippen LogP contribution >= 0.6 is 0 Å². The number of carbonyl (C=O) groups excluding carboxylic acids is 1. The summed E-state index contributed by atoms with van der Waals surface area (Å²) >= 11 is 0. The maximum Gasteiger partial charge on any atom is 0.220 e. The largest absolute Gasteiger partial charge is 0.394 e. The molecule has 19 heteroatoms. The Balaban J connectivity index is 1.36. The zero-order valence-electron chi connectivity index (χ0n) is 58.3. The number of hydrogen-bond acceptors (Lipinski definition) is 18. The van der Waals surface area contributed by atoms with E-state index in [1.807, 2.05) is 0 Å². The second kappa shape index (κ2) is 56.1. The van der Waals surface area contributed by atoms with Gasteiger partial charge in [0.15, 0.2) is 18.9 Å². The van der Waals surface area contributed by atoms with Gasteiger partial charge in [-0.3, -0.25) is 4.79 Å². The molecule has 12 N–H and O–H groups in total. The first kappa shape index (κ1) is 85.5. The molecule has 1 amide bonds. The molecule has 0 radical (unpaired) electrons. The summed E-state index contributed by atoms with van der Waals surface area (Å²) < 4.78 is 34.4. The van der Waals surface area contributed by atoms with Crippen molar-refractivity contribution in [2.45, 2.75) is 413 Å². The van der Waals surface area contributed by atoms with Crippen molar-refractivity contribution >= 4 is 5.91 Å². The summed E-state index contributed by atoms with van der Waals surface area (Å²) in [7, 11) is 0. The Morgan fingerprint density at radius 2 is 0.710 bits per heavy atom. The van der Waals surface area contributed by atoms with Gasteiger partial charge in [0.25, 0.3) is 0 Å². The van der Waals surface area contributed by atoms with Gasteiger partial charge in [0, 0.05) is 6.42 Å². The lowest BCUT2D eigenvalue weighted by atomic mass is 9.96. The van der Waals surface area contributed by atoms with Crippen LogP contribution < -0.4 is 5.32 Å². The fourth-order valence-electron chi connectivity index (χ4n) is 13.1. The van der Waals surface area contributed by atoms with E-state index < -0.39 is 124 Å². The van der Waals surface area contributed by atoms with E-state index in [9.17, 15) is 61.0 Å². The van der Waals surface area contributed by atoms with E-state index in [4.69, 9.17) is 28.4 Å². The summed E-state index contributed by atoms with van der Waals surface area (Å²) in [5.74, 6) is -0.253. The van der Waals surface area contributed by atoms with Gasteiger partial charge in [-0.25, -0.2) is 0 Å². The second-order valence-corrected chi connectivity index (χ2v) is 27.5.